The van der Waals surface area contributed by atoms with E-state index in [1.807, 2.05) is 21.6 Å². The van der Waals surface area contributed by atoms with Crippen molar-refractivity contribution >= 4 is 28.4 Å². The van der Waals surface area contributed by atoms with Crippen molar-refractivity contribution in [1.82, 2.24) is 24.4 Å². The van der Waals surface area contributed by atoms with Gasteiger partial charge in [0.25, 0.3) is 0 Å². The van der Waals surface area contributed by atoms with Gasteiger partial charge in [-0.05, 0) is 59.1 Å². The number of likely N-dealkylation sites (tertiary alicyclic amines) is 1. The number of piperidine rings is 1. The Labute approximate surface area is 223 Å². The van der Waals surface area contributed by atoms with Gasteiger partial charge in [0, 0.05) is 36.1 Å². The molecule has 194 valence electrons. The van der Waals surface area contributed by atoms with Crippen LogP contribution in [-0.2, 0) is 22.2 Å². The summed E-state index contributed by atoms with van der Waals surface area (Å²) in [6.07, 6.45) is 5.33. The number of fused-ring (bicyclic) bond motifs is 1. The van der Waals surface area contributed by atoms with E-state index in [0.29, 0.717) is 5.92 Å². The normalized spacial score (nSPS) is 15.5. The Morgan fingerprint density at radius 3 is 2.32 bits per heavy atom. The molecular formula is C30H37N5OS. The largest absolute Gasteiger partial charge is 0.341 e. The van der Waals surface area contributed by atoms with Gasteiger partial charge in [0.05, 0.1) is 17.0 Å². The molecule has 37 heavy (non-hydrogen) atoms. The maximum absolute atomic E-state index is 13.0. The zero-order chi connectivity index (χ0) is 26.4. The second-order valence-electron chi connectivity index (χ2n) is 12.2. The van der Waals surface area contributed by atoms with Crippen LogP contribution < -0.4 is 0 Å². The van der Waals surface area contributed by atoms with E-state index in [-0.39, 0.29) is 23.3 Å². The number of imidazole rings is 1. The summed E-state index contributed by atoms with van der Waals surface area (Å²) in [5.74, 6) is 0.517. The first kappa shape index (κ1) is 25.6. The molecule has 1 aromatic carbocycles. The minimum atomic E-state index is 0.0767. The number of carbonyl (C=O) groups is 1. The Balaban J connectivity index is 1.27. The van der Waals surface area contributed by atoms with E-state index in [0.717, 1.165) is 42.8 Å². The van der Waals surface area contributed by atoms with Gasteiger partial charge in [-0.1, -0.05) is 47.6 Å². The second kappa shape index (κ2) is 9.67. The summed E-state index contributed by atoms with van der Waals surface area (Å²) in [5, 5.41) is 3.39. The molecule has 1 aliphatic heterocycles. The van der Waals surface area contributed by atoms with Crippen molar-refractivity contribution in [2.24, 2.45) is 0 Å². The Bertz CT molecular complexity index is 1380. The fraction of sp³-hybridized carbons (Fsp3) is 0.467. The molecule has 0 radical (unpaired) electrons. The summed E-state index contributed by atoms with van der Waals surface area (Å²) >= 11 is 1.76. The van der Waals surface area contributed by atoms with Gasteiger partial charge >= 0.3 is 0 Å². The molecule has 1 fully saturated rings. The predicted octanol–water partition coefficient (Wildman–Crippen LogP) is 6.56. The van der Waals surface area contributed by atoms with Crippen LogP contribution in [0.3, 0.4) is 0 Å². The molecule has 1 aliphatic rings. The number of amides is 1. The van der Waals surface area contributed by atoms with Gasteiger partial charge in [-0.3, -0.25) is 4.79 Å². The number of hydrogen-bond acceptors (Lipinski definition) is 5. The Morgan fingerprint density at radius 2 is 1.68 bits per heavy atom. The smallest absolute Gasteiger partial charge is 0.242 e. The van der Waals surface area contributed by atoms with E-state index in [1.165, 1.54) is 21.7 Å². The third-order valence-electron chi connectivity index (χ3n) is 7.36. The lowest BCUT2D eigenvalue weighted by Crippen LogP contribution is -2.39. The number of pyridine rings is 1. The van der Waals surface area contributed by atoms with E-state index in [1.54, 1.807) is 23.9 Å². The molecule has 0 aliphatic carbocycles. The fourth-order valence-electron chi connectivity index (χ4n) is 4.88. The van der Waals surface area contributed by atoms with Crippen LogP contribution in [0.1, 0.15) is 76.4 Å². The van der Waals surface area contributed by atoms with Crippen LogP contribution in [-0.4, -0.2) is 43.4 Å². The summed E-state index contributed by atoms with van der Waals surface area (Å²) in [4.78, 5) is 28.8. The lowest BCUT2D eigenvalue weighted by atomic mass is 9.79. The van der Waals surface area contributed by atoms with Gasteiger partial charge in [0.15, 0.2) is 5.65 Å². The first-order chi connectivity index (χ1) is 17.5. The van der Waals surface area contributed by atoms with Crippen LogP contribution in [0.15, 0.2) is 48.2 Å². The average molecular weight is 516 g/mol. The molecule has 6 nitrogen and oxygen atoms in total. The van der Waals surface area contributed by atoms with Gasteiger partial charge < -0.3 is 9.47 Å². The van der Waals surface area contributed by atoms with Gasteiger partial charge in [-0.2, -0.15) is 0 Å². The number of thiazole rings is 1. The summed E-state index contributed by atoms with van der Waals surface area (Å²) < 4.78 is 1.84. The van der Waals surface area contributed by atoms with Crippen molar-refractivity contribution in [3.63, 3.8) is 0 Å². The molecule has 4 heterocycles. The van der Waals surface area contributed by atoms with Gasteiger partial charge in [0.2, 0.25) is 5.91 Å². The van der Waals surface area contributed by atoms with Crippen LogP contribution in [0.5, 0.6) is 0 Å². The van der Waals surface area contributed by atoms with Crippen LogP contribution in [0.2, 0.25) is 0 Å². The Kier molecular flexibility index (Phi) is 6.69. The fourth-order valence-corrected chi connectivity index (χ4v) is 5.88. The van der Waals surface area contributed by atoms with E-state index in [4.69, 9.17) is 4.98 Å². The highest BCUT2D eigenvalue weighted by atomic mass is 32.1. The first-order valence-electron chi connectivity index (χ1n) is 13.1. The summed E-state index contributed by atoms with van der Waals surface area (Å²) in [5.41, 5.74) is 6.68. The standard InChI is InChI=1S/C30H37N5OS/c1-29(2,3)22-14-21(15-23(16-22)30(4,5)6)25-18-37-28(33-25)20-9-12-34(13-10-20)26(36)17-35-19-32-24-8-7-11-31-27(24)35/h7-8,11,14-16,18-20H,9-10,12-13,17H2,1-6H3. The molecule has 0 N–H and O–H groups in total. The van der Waals surface area contributed by atoms with Crippen molar-refractivity contribution in [2.45, 2.75) is 77.7 Å². The number of nitrogens with zero attached hydrogens (tertiary/aromatic N) is 5. The van der Waals surface area contributed by atoms with E-state index >= 15 is 0 Å². The number of hydrogen-bond donors (Lipinski definition) is 0. The molecule has 0 unspecified atom stereocenters. The molecule has 0 saturated carbocycles. The summed E-state index contributed by atoms with van der Waals surface area (Å²) in [7, 11) is 0. The molecule has 3 aromatic heterocycles. The van der Waals surface area contributed by atoms with Crippen molar-refractivity contribution in [3.8, 4) is 11.3 Å². The van der Waals surface area contributed by atoms with Crippen LogP contribution >= 0.6 is 11.3 Å². The minimum Gasteiger partial charge on any atom is -0.341 e. The lowest BCUT2D eigenvalue weighted by molar-refractivity contribution is -0.132. The summed E-state index contributed by atoms with van der Waals surface area (Å²) in [6.45, 7) is 15.4. The average Bonchev–Trinajstić information content (AvgIpc) is 3.51. The topological polar surface area (TPSA) is 63.9 Å². The highest BCUT2D eigenvalue weighted by Gasteiger charge is 2.27. The molecule has 0 spiro atoms. The van der Waals surface area contributed by atoms with E-state index in [2.05, 4.69) is 75.1 Å². The molecule has 1 amide bonds. The minimum absolute atomic E-state index is 0.0767. The molecule has 1 saturated heterocycles. The zero-order valence-corrected chi connectivity index (χ0v) is 23.6. The van der Waals surface area contributed by atoms with Crippen LogP contribution in [0.25, 0.3) is 22.4 Å². The zero-order valence-electron chi connectivity index (χ0n) is 22.8. The predicted molar refractivity (Wildman–Crippen MR) is 151 cm³/mol. The molecule has 0 bridgehead atoms. The molecule has 4 aromatic rings. The van der Waals surface area contributed by atoms with Gasteiger partial charge in [-0.25, -0.2) is 15.0 Å². The second-order valence-corrected chi connectivity index (χ2v) is 13.1. The highest BCUT2D eigenvalue weighted by molar-refractivity contribution is 7.10. The molecule has 7 heteroatoms. The maximum Gasteiger partial charge on any atom is 0.242 e. The van der Waals surface area contributed by atoms with Gasteiger partial charge in [0.1, 0.15) is 12.1 Å². The highest BCUT2D eigenvalue weighted by Crippen LogP contribution is 2.37. The Morgan fingerprint density at radius 1 is 1.00 bits per heavy atom. The molecule has 0 atom stereocenters. The lowest BCUT2D eigenvalue weighted by Gasteiger charge is -2.31. The third kappa shape index (κ3) is 5.47. The van der Waals surface area contributed by atoms with Crippen molar-refractivity contribution in [1.29, 1.82) is 0 Å². The molecule has 5 rings (SSSR count). The van der Waals surface area contributed by atoms with E-state index < -0.39 is 0 Å². The third-order valence-corrected chi connectivity index (χ3v) is 8.37. The van der Waals surface area contributed by atoms with Crippen LogP contribution in [0.4, 0.5) is 0 Å². The maximum atomic E-state index is 13.0. The SMILES string of the molecule is CC(C)(C)c1cc(-c2csc(C3CCN(C(=O)Cn4cnc5cccnc54)CC3)n2)cc(C(C)(C)C)c1. The summed E-state index contributed by atoms with van der Waals surface area (Å²) in [6, 6.07) is 10.8. The quantitative estimate of drug-likeness (QED) is 0.309. The van der Waals surface area contributed by atoms with E-state index in [9.17, 15) is 4.79 Å². The van der Waals surface area contributed by atoms with Gasteiger partial charge in [-0.15, -0.1) is 11.3 Å². The number of benzene rings is 1. The molecular weight excluding hydrogens is 478 g/mol. The number of rotatable bonds is 4. The number of carbonyl (C=O) groups excluding carboxylic acids is 1. The first-order valence-corrected chi connectivity index (χ1v) is 14.0. The number of aromatic nitrogens is 4. The van der Waals surface area contributed by atoms with Crippen molar-refractivity contribution in [2.75, 3.05) is 13.1 Å². The van der Waals surface area contributed by atoms with Crippen molar-refractivity contribution in [3.05, 3.63) is 64.4 Å². The van der Waals surface area contributed by atoms with Crippen molar-refractivity contribution < 1.29 is 4.79 Å². The Hall–Kier alpha value is -3.06. The van der Waals surface area contributed by atoms with Crippen LogP contribution in [0, 0.1) is 0 Å². The monoisotopic (exact) mass is 515 g/mol.